The summed E-state index contributed by atoms with van der Waals surface area (Å²) < 4.78 is 2.27. The van der Waals surface area contributed by atoms with Crippen LogP contribution in [0.4, 0.5) is 11.5 Å². The number of anilines is 2. The van der Waals surface area contributed by atoms with Gasteiger partial charge in [0.05, 0.1) is 5.92 Å². The van der Waals surface area contributed by atoms with Gasteiger partial charge in [-0.1, -0.05) is 24.6 Å². The zero-order chi connectivity index (χ0) is 21.2. The van der Waals surface area contributed by atoms with E-state index >= 15 is 0 Å². The lowest BCUT2D eigenvalue weighted by Gasteiger charge is -2.35. The van der Waals surface area contributed by atoms with E-state index in [1.165, 1.54) is 19.3 Å². The number of hydrogen-bond acceptors (Lipinski definition) is 5. The van der Waals surface area contributed by atoms with Crippen LogP contribution in [0.15, 0.2) is 36.7 Å². The average molecular weight is 419 g/mol. The van der Waals surface area contributed by atoms with Crippen LogP contribution in [0, 0.1) is 5.92 Å². The number of para-hydroxylation sites is 1. The number of hydrogen-bond donors (Lipinski definition) is 0. The molecule has 1 atom stereocenters. The number of piperidine rings is 1. The van der Waals surface area contributed by atoms with Crippen molar-refractivity contribution in [3.63, 3.8) is 0 Å². The van der Waals surface area contributed by atoms with E-state index in [-0.39, 0.29) is 11.8 Å². The molecule has 0 bridgehead atoms. The highest BCUT2D eigenvalue weighted by molar-refractivity contribution is 5.95. The lowest BCUT2D eigenvalue weighted by Crippen LogP contribution is -2.45. The highest BCUT2D eigenvalue weighted by atomic mass is 16.2. The molecule has 5 rings (SSSR count). The minimum absolute atomic E-state index is 0.0423. The molecule has 162 valence electrons. The fourth-order valence-electron chi connectivity index (χ4n) is 5.02. The second-order valence-corrected chi connectivity index (χ2v) is 8.56. The summed E-state index contributed by atoms with van der Waals surface area (Å²) >= 11 is 0. The maximum atomic E-state index is 13.4. The number of amides is 1. The van der Waals surface area contributed by atoms with Crippen molar-refractivity contribution in [3.8, 4) is 0 Å². The third-order valence-electron chi connectivity index (χ3n) is 6.59. The number of rotatable bonds is 4. The van der Waals surface area contributed by atoms with E-state index in [4.69, 9.17) is 4.98 Å². The fourth-order valence-corrected chi connectivity index (χ4v) is 5.02. The number of benzene rings is 1. The number of carbonyl (C=O) groups excluding carboxylic acids is 1. The first kappa shape index (κ1) is 20.0. The normalized spacial score (nSPS) is 19.1. The van der Waals surface area contributed by atoms with Crippen LogP contribution in [0.3, 0.4) is 0 Å². The monoisotopic (exact) mass is 418 g/mol. The minimum atomic E-state index is -0.0423. The Labute approximate surface area is 183 Å². The predicted octanol–water partition coefficient (Wildman–Crippen LogP) is 3.82. The second kappa shape index (κ2) is 8.65. The Balaban J connectivity index is 1.42. The lowest BCUT2D eigenvalue weighted by molar-refractivity contribution is -0.122. The Morgan fingerprint density at radius 1 is 1.10 bits per heavy atom. The van der Waals surface area contributed by atoms with Gasteiger partial charge in [0.25, 0.3) is 0 Å². The standard InChI is InChI=1S/C24H30N6O/c1-2-29(19-11-5-3-6-12-19)24(31)18-10-9-14-28(16-18)22-21-23(26-17-25-22)30-15-8-4-7-13-20(30)27-21/h3,5-6,11-12,17-18H,2,4,7-10,13-16H2,1H3/t18-/m1/s1. The number of imidazole rings is 1. The molecule has 1 aromatic carbocycles. The Morgan fingerprint density at radius 2 is 1.97 bits per heavy atom. The molecule has 1 fully saturated rings. The van der Waals surface area contributed by atoms with Crippen molar-refractivity contribution in [2.45, 2.75) is 52.0 Å². The Hall–Kier alpha value is -2.96. The maximum Gasteiger partial charge on any atom is 0.231 e. The first-order valence-electron chi connectivity index (χ1n) is 11.6. The van der Waals surface area contributed by atoms with Crippen LogP contribution in [-0.2, 0) is 17.8 Å². The second-order valence-electron chi connectivity index (χ2n) is 8.56. The summed E-state index contributed by atoms with van der Waals surface area (Å²) in [4.78, 5) is 31.7. The van der Waals surface area contributed by atoms with Gasteiger partial charge in [-0.25, -0.2) is 15.0 Å². The average Bonchev–Trinajstić information content (AvgIpc) is 3.01. The van der Waals surface area contributed by atoms with Crippen LogP contribution >= 0.6 is 0 Å². The third kappa shape index (κ3) is 3.77. The van der Waals surface area contributed by atoms with Gasteiger partial charge in [-0.05, 0) is 44.7 Å². The van der Waals surface area contributed by atoms with Crippen molar-refractivity contribution in [1.29, 1.82) is 0 Å². The van der Waals surface area contributed by atoms with E-state index in [1.807, 2.05) is 42.2 Å². The summed E-state index contributed by atoms with van der Waals surface area (Å²) in [5, 5.41) is 0. The Kier molecular flexibility index (Phi) is 5.57. The summed E-state index contributed by atoms with van der Waals surface area (Å²) in [6, 6.07) is 9.97. The number of aromatic nitrogens is 4. The molecule has 0 N–H and O–H groups in total. The van der Waals surface area contributed by atoms with Crippen molar-refractivity contribution in [1.82, 2.24) is 19.5 Å². The molecule has 2 aliphatic heterocycles. The van der Waals surface area contributed by atoms with Crippen LogP contribution in [0.25, 0.3) is 11.2 Å². The molecule has 2 aliphatic rings. The van der Waals surface area contributed by atoms with Gasteiger partial charge in [0.2, 0.25) is 5.91 Å². The lowest BCUT2D eigenvalue weighted by atomic mass is 9.96. The molecule has 1 amide bonds. The third-order valence-corrected chi connectivity index (χ3v) is 6.59. The molecular weight excluding hydrogens is 388 g/mol. The van der Waals surface area contributed by atoms with E-state index in [2.05, 4.69) is 19.4 Å². The van der Waals surface area contributed by atoms with Gasteiger partial charge in [0.15, 0.2) is 17.0 Å². The first-order valence-corrected chi connectivity index (χ1v) is 11.6. The van der Waals surface area contributed by atoms with Crippen LogP contribution in [0.1, 0.15) is 44.9 Å². The van der Waals surface area contributed by atoms with Gasteiger partial charge in [-0.15, -0.1) is 0 Å². The van der Waals surface area contributed by atoms with Gasteiger partial charge >= 0.3 is 0 Å². The first-order chi connectivity index (χ1) is 15.3. The Morgan fingerprint density at radius 3 is 2.81 bits per heavy atom. The zero-order valence-electron chi connectivity index (χ0n) is 18.2. The number of fused-ring (bicyclic) bond motifs is 3. The largest absolute Gasteiger partial charge is 0.354 e. The molecule has 2 aromatic heterocycles. The van der Waals surface area contributed by atoms with Gasteiger partial charge in [-0.3, -0.25) is 4.79 Å². The highest BCUT2D eigenvalue weighted by Gasteiger charge is 2.31. The molecule has 0 unspecified atom stereocenters. The maximum absolute atomic E-state index is 13.4. The summed E-state index contributed by atoms with van der Waals surface area (Å²) in [6.45, 7) is 5.26. The van der Waals surface area contributed by atoms with E-state index in [1.54, 1.807) is 6.33 Å². The van der Waals surface area contributed by atoms with Gasteiger partial charge < -0.3 is 14.4 Å². The van der Waals surface area contributed by atoms with E-state index in [9.17, 15) is 4.79 Å². The molecular formula is C24H30N6O. The van der Waals surface area contributed by atoms with Gasteiger partial charge in [-0.2, -0.15) is 0 Å². The summed E-state index contributed by atoms with van der Waals surface area (Å²) in [6.07, 6.45) is 8.14. The predicted molar refractivity (Wildman–Crippen MR) is 122 cm³/mol. The van der Waals surface area contributed by atoms with Crippen LogP contribution in [-0.4, -0.2) is 45.1 Å². The molecule has 0 aliphatic carbocycles. The van der Waals surface area contributed by atoms with Gasteiger partial charge in [0, 0.05) is 38.3 Å². The minimum Gasteiger partial charge on any atom is -0.354 e. The van der Waals surface area contributed by atoms with Gasteiger partial charge in [0.1, 0.15) is 12.2 Å². The van der Waals surface area contributed by atoms with E-state index in [0.717, 1.165) is 60.8 Å². The molecule has 3 aromatic rings. The van der Waals surface area contributed by atoms with E-state index < -0.39 is 0 Å². The topological polar surface area (TPSA) is 67.2 Å². The van der Waals surface area contributed by atoms with Crippen LogP contribution < -0.4 is 9.80 Å². The van der Waals surface area contributed by atoms with E-state index in [0.29, 0.717) is 13.1 Å². The van der Waals surface area contributed by atoms with Crippen LogP contribution in [0.2, 0.25) is 0 Å². The zero-order valence-corrected chi connectivity index (χ0v) is 18.2. The summed E-state index contributed by atoms with van der Waals surface area (Å²) in [5.41, 5.74) is 2.80. The molecule has 0 spiro atoms. The van der Waals surface area contributed by atoms with Crippen molar-refractivity contribution in [2.24, 2.45) is 5.92 Å². The SMILES string of the molecule is CCN(C(=O)[C@@H]1CCCN(c2ncnc3c2nc2n3CCCCC2)C1)c1ccccc1. The molecule has 4 heterocycles. The fraction of sp³-hybridized carbons (Fsp3) is 0.500. The summed E-state index contributed by atoms with van der Waals surface area (Å²) in [7, 11) is 0. The molecule has 31 heavy (non-hydrogen) atoms. The molecule has 1 saturated heterocycles. The van der Waals surface area contributed by atoms with Crippen molar-refractivity contribution < 1.29 is 4.79 Å². The highest BCUT2D eigenvalue weighted by Crippen LogP contribution is 2.30. The quantitative estimate of drug-likeness (QED) is 0.644. The van der Waals surface area contributed by atoms with Crippen molar-refractivity contribution >= 4 is 28.6 Å². The molecule has 0 radical (unpaired) electrons. The number of nitrogens with zero attached hydrogens (tertiary/aromatic N) is 6. The Bertz CT molecular complexity index is 1060. The number of aryl methyl sites for hydroxylation is 2. The summed E-state index contributed by atoms with van der Waals surface area (Å²) in [5.74, 6) is 2.16. The molecule has 7 heteroatoms. The number of carbonyl (C=O) groups is 1. The molecule has 7 nitrogen and oxygen atoms in total. The smallest absolute Gasteiger partial charge is 0.231 e. The molecule has 0 saturated carbocycles. The van der Waals surface area contributed by atoms with Crippen molar-refractivity contribution in [2.75, 3.05) is 29.4 Å². The van der Waals surface area contributed by atoms with Crippen LogP contribution in [0.5, 0.6) is 0 Å². The van der Waals surface area contributed by atoms with Crippen molar-refractivity contribution in [3.05, 3.63) is 42.5 Å².